The lowest BCUT2D eigenvalue weighted by Crippen LogP contribution is -2.59. The summed E-state index contributed by atoms with van der Waals surface area (Å²) in [6.07, 6.45) is 3.84. The van der Waals surface area contributed by atoms with Gasteiger partial charge in [0.15, 0.2) is 5.65 Å². The summed E-state index contributed by atoms with van der Waals surface area (Å²) in [7, 11) is 0. The van der Waals surface area contributed by atoms with E-state index in [1.165, 1.54) is 12.4 Å². The Labute approximate surface area is 297 Å². The number of aromatic nitrogens is 4. The molecule has 1 amide bonds. The molecule has 0 unspecified atom stereocenters. The van der Waals surface area contributed by atoms with Gasteiger partial charge in [0.1, 0.15) is 46.8 Å². The molecule has 2 N–H and O–H groups in total. The van der Waals surface area contributed by atoms with Gasteiger partial charge in [-0.25, -0.2) is 19.0 Å². The number of nitrogens with zero attached hydrogens (tertiary/aromatic N) is 8. The molecule has 0 spiro atoms. The van der Waals surface area contributed by atoms with Gasteiger partial charge in [0.05, 0.1) is 30.7 Å². The number of amides is 1. The summed E-state index contributed by atoms with van der Waals surface area (Å²) >= 11 is 0. The highest BCUT2D eigenvalue weighted by molar-refractivity contribution is 5.99. The van der Waals surface area contributed by atoms with Crippen LogP contribution in [0.2, 0.25) is 0 Å². The van der Waals surface area contributed by atoms with Crippen molar-refractivity contribution in [2.24, 2.45) is 5.41 Å². The molecule has 0 radical (unpaired) electrons. The first-order valence-corrected chi connectivity index (χ1v) is 17.4. The van der Waals surface area contributed by atoms with Crippen molar-refractivity contribution in [2.45, 2.75) is 51.7 Å². The fraction of sp³-hybridized carbons (Fsp3) is 0.447. The third kappa shape index (κ3) is 7.04. The summed E-state index contributed by atoms with van der Waals surface area (Å²) in [4.78, 5) is 29.4. The van der Waals surface area contributed by atoms with Crippen LogP contribution in [0.1, 0.15) is 40.2 Å². The number of likely N-dealkylation sites (tertiary alicyclic amines) is 1. The Morgan fingerprint density at radius 3 is 2.49 bits per heavy atom. The largest absolute Gasteiger partial charge is 0.457 e. The summed E-state index contributed by atoms with van der Waals surface area (Å²) < 4.78 is 28.8. The van der Waals surface area contributed by atoms with Crippen LogP contribution in [0.5, 0.6) is 11.5 Å². The van der Waals surface area contributed by atoms with Gasteiger partial charge in [-0.2, -0.15) is 10.4 Å². The average Bonchev–Trinajstić information content (AvgIpc) is 3.47. The van der Waals surface area contributed by atoms with Crippen LogP contribution in [-0.4, -0.2) is 104 Å². The molecular weight excluding hydrogens is 649 g/mol. The van der Waals surface area contributed by atoms with Gasteiger partial charge in [-0.1, -0.05) is 32.0 Å². The van der Waals surface area contributed by atoms with Crippen molar-refractivity contribution >= 4 is 22.8 Å². The highest BCUT2D eigenvalue weighted by atomic mass is 19.1. The number of hydrogen-bond acceptors (Lipinski definition) is 10. The Bertz CT molecular complexity index is 1990. The number of fused-ring (bicyclic) bond motifs is 1. The number of ether oxygens (including phenoxy) is 2. The van der Waals surface area contributed by atoms with Crippen LogP contribution in [0.4, 0.5) is 10.2 Å². The minimum absolute atomic E-state index is 0.115. The minimum atomic E-state index is -0.538. The molecule has 51 heavy (non-hydrogen) atoms. The highest BCUT2D eigenvalue weighted by Crippen LogP contribution is 2.40. The third-order valence-corrected chi connectivity index (χ3v) is 10.3. The summed E-state index contributed by atoms with van der Waals surface area (Å²) in [5.74, 6) is 0.247. The first-order chi connectivity index (χ1) is 24.4. The normalized spacial score (nSPS) is 20.6. The average molecular weight is 694 g/mol. The molecule has 2 aromatic carbocycles. The topological polar surface area (TPSA) is 139 Å². The first-order valence-electron chi connectivity index (χ1n) is 17.4. The molecule has 3 fully saturated rings. The fourth-order valence-corrected chi connectivity index (χ4v) is 7.59. The van der Waals surface area contributed by atoms with Gasteiger partial charge in [-0.15, -0.1) is 0 Å². The lowest BCUT2D eigenvalue weighted by molar-refractivity contribution is -0.131. The van der Waals surface area contributed by atoms with Gasteiger partial charge < -0.3 is 20.1 Å². The van der Waals surface area contributed by atoms with Gasteiger partial charge in [-0.3, -0.25) is 14.6 Å². The van der Waals surface area contributed by atoms with E-state index in [2.05, 4.69) is 53.5 Å². The molecule has 266 valence electrons. The number of piperazine rings is 1. The van der Waals surface area contributed by atoms with Crippen molar-refractivity contribution in [3.8, 4) is 28.8 Å². The number of carbonyl (C=O) groups excluding carboxylic acids is 1. The second-order valence-electron chi connectivity index (χ2n) is 15.1. The van der Waals surface area contributed by atoms with E-state index in [1.54, 1.807) is 33.8 Å². The van der Waals surface area contributed by atoms with Crippen molar-refractivity contribution in [3.05, 3.63) is 72.3 Å². The maximum absolute atomic E-state index is 15.8. The van der Waals surface area contributed by atoms with E-state index in [0.29, 0.717) is 47.2 Å². The van der Waals surface area contributed by atoms with E-state index in [0.717, 1.165) is 39.4 Å². The second-order valence-corrected chi connectivity index (χ2v) is 15.1. The maximum atomic E-state index is 15.8. The molecule has 5 heterocycles. The first kappa shape index (κ1) is 34.5. The number of carbonyl (C=O) groups is 1. The van der Waals surface area contributed by atoms with E-state index >= 15 is 4.39 Å². The van der Waals surface area contributed by atoms with Gasteiger partial charge in [-0.05, 0) is 56.0 Å². The highest BCUT2D eigenvalue weighted by Gasteiger charge is 2.40. The van der Waals surface area contributed by atoms with Crippen LogP contribution < -0.4 is 10.5 Å². The van der Waals surface area contributed by atoms with E-state index in [4.69, 9.17) is 20.3 Å². The monoisotopic (exact) mass is 693 g/mol. The number of nitrogen functional groups attached to an aromatic ring is 1. The third-order valence-electron chi connectivity index (χ3n) is 10.3. The van der Waals surface area contributed by atoms with Crippen molar-refractivity contribution in [1.29, 1.82) is 5.26 Å². The second kappa shape index (κ2) is 13.7. The molecule has 0 aliphatic carbocycles. The molecule has 12 nitrogen and oxygen atoms in total. The number of rotatable bonds is 8. The van der Waals surface area contributed by atoms with Gasteiger partial charge in [0.25, 0.3) is 5.91 Å². The number of piperidine rings is 1. The smallest absolute Gasteiger partial charge is 0.264 e. The zero-order valence-corrected chi connectivity index (χ0v) is 29.5. The number of hydrogen-bond donors (Lipinski definition) is 1. The number of nitriles is 1. The maximum Gasteiger partial charge on any atom is 0.264 e. The SMILES string of the molecule is CC1(C)C[C@@H](n2nc(-c3ccc(Oc4ccccc4)cc3F)c3c(N)ncnc32)CN(C(=O)/C(C#N)=C/C(C)(C)N2CCN(C3COC3)CC2)C1. The van der Waals surface area contributed by atoms with Gasteiger partial charge in [0.2, 0.25) is 0 Å². The predicted molar refractivity (Wildman–Crippen MR) is 191 cm³/mol. The van der Waals surface area contributed by atoms with Crippen molar-refractivity contribution in [2.75, 3.05) is 58.2 Å². The molecule has 7 rings (SSSR count). The number of nitrogens with two attached hydrogens (primary N) is 1. The molecule has 4 aromatic rings. The molecule has 1 atom stereocenters. The zero-order chi connectivity index (χ0) is 35.9. The molecule has 13 heteroatoms. The summed E-state index contributed by atoms with van der Waals surface area (Å²) in [6.45, 7) is 14.2. The van der Waals surface area contributed by atoms with Crippen LogP contribution in [0, 0.1) is 22.6 Å². The quantitative estimate of drug-likeness (QED) is 0.197. The van der Waals surface area contributed by atoms with Crippen LogP contribution >= 0.6 is 0 Å². The lowest BCUT2D eigenvalue weighted by atomic mass is 9.81. The van der Waals surface area contributed by atoms with Crippen LogP contribution in [0.15, 0.2) is 66.5 Å². The van der Waals surface area contributed by atoms with Crippen molar-refractivity contribution in [3.63, 3.8) is 0 Å². The standard InChI is InChI=1S/C38H44FN9O3/c1-37(2)18-26(20-46(23-37)36(49)25(19-40)17-38(3,4)47-14-12-45(13-15-47)27-21-50-22-27)48-35-32(34(41)42-24-43-35)33(44-48)30-11-10-29(16-31(30)39)51-28-8-6-5-7-9-28/h5-11,16-17,24,26-27H,12-15,18,20-23H2,1-4H3,(H2,41,42,43)/b25-17+/t26-/m1/s1. The van der Waals surface area contributed by atoms with Crippen molar-refractivity contribution in [1.82, 2.24) is 34.4 Å². The van der Waals surface area contributed by atoms with Crippen molar-refractivity contribution < 1.29 is 18.7 Å². The summed E-state index contributed by atoms with van der Waals surface area (Å²) in [5, 5.41) is 15.6. The number of halogens is 1. The van der Waals surface area contributed by atoms with E-state index < -0.39 is 11.4 Å². The predicted octanol–water partition coefficient (Wildman–Crippen LogP) is 5.05. The van der Waals surface area contributed by atoms with Crippen LogP contribution in [0.3, 0.4) is 0 Å². The van der Waals surface area contributed by atoms with Gasteiger partial charge >= 0.3 is 0 Å². The molecule has 3 aliphatic heterocycles. The fourth-order valence-electron chi connectivity index (χ4n) is 7.59. The minimum Gasteiger partial charge on any atom is -0.457 e. The Hall–Kier alpha value is -4.90. The summed E-state index contributed by atoms with van der Waals surface area (Å²) in [5.41, 5.74) is 6.65. The number of benzene rings is 2. The molecule has 2 aromatic heterocycles. The molecular formula is C38H44FN9O3. The molecule has 3 saturated heterocycles. The lowest BCUT2D eigenvalue weighted by Gasteiger charge is -2.47. The van der Waals surface area contributed by atoms with E-state index in [-0.39, 0.29) is 40.9 Å². The van der Waals surface area contributed by atoms with Crippen LogP contribution in [0.25, 0.3) is 22.3 Å². The van der Waals surface area contributed by atoms with E-state index in [1.807, 2.05) is 24.3 Å². The summed E-state index contributed by atoms with van der Waals surface area (Å²) in [6, 6.07) is 16.1. The number of anilines is 1. The van der Waals surface area contributed by atoms with Crippen LogP contribution in [-0.2, 0) is 9.53 Å². The van der Waals surface area contributed by atoms with E-state index in [9.17, 15) is 10.1 Å². The zero-order valence-electron chi connectivity index (χ0n) is 29.5. The van der Waals surface area contributed by atoms with Gasteiger partial charge in [0, 0.05) is 56.4 Å². The Morgan fingerprint density at radius 2 is 1.82 bits per heavy atom. The molecule has 0 bridgehead atoms. The number of para-hydroxylation sites is 1. The molecule has 0 saturated carbocycles. The Balaban J connectivity index is 1.15. The Morgan fingerprint density at radius 1 is 1.08 bits per heavy atom. The molecule has 3 aliphatic rings. The Kier molecular flexibility index (Phi) is 9.26.